The molecule has 0 fully saturated rings. The summed E-state index contributed by atoms with van der Waals surface area (Å²) >= 11 is 1.89. The SMILES string of the molecule is Oc1ccc(CNCc2cc3c(s2)CCC3)cc1F. The fraction of sp³-hybridized carbons (Fsp3) is 0.333. The van der Waals surface area contributed by atoms with Gasteiger partial charge in [-0.05, 0) is 48.6 Å². The van der Waals surface area contributed by atoms with Crippen LogP contribution in [0.2, 0.25) is 0 Å². The van der Waals surface area contributed by atoms with Crippen molar-refractivity contribution in [2.24, 2.45) is 0 Å². The number of aryl methyl sites for hydroxylation is 2. The molecule has 4 heteroatoms. The van der Waals surface area contributed by atoms with E-state index in [1.165, 1.54) is 46.7 Å². The zero-order chi connectivity index (χ0) is 13.2. The first-order chi connectivity index (χ1) is 9.22. The van der Waals surface area contributed by atoms with Crippen molar-refractivity contribution < 1.29 is 9.50 Å². The molecule has 0 unspecified atom stereocenters. The van der Waals surface area contributed by atoms with Crippen LogP contribution in [-0.2, 0) is 25.9 Å². The van der Waals surface area contributed by atoms with Crippen molar-refractivity contribution in [1.29, 1.82) is 0 Å². The Balaban J connectivity index is 1.56. The van der Waals surface area contributed by atoms with Gasteiger partial charge in [-0.15, -0.1) is 11.3 Å². The van der Waals surface area contributed by atoms with Gasteiger partial charge in [0, 0.05) is 22.8 Å². The third-order valence-corrected chi connectivity index (χ3v) is 4.68. The van der Waals surface area contributed by atoms with Gasteiger partial charge in [-0.2, -0.15) is 0 Å². The molecular formula is C15H16FNOS. The Bertz CT molecular complexity index is 572. The number of aromatic hydroxyl groups is 1. The topological polar surface area (TPSA) is 32.3 Å². The maximum absolute atomic E-state index is 13.2. The van der Waals surface area contributed by atoms with Crippen LogP contribution in [0.5, 0.6) is 5.75 Å². The molecular weight excluding hydrogens is 261 g/mol. The van der Waals surface area contributed by atoms with Gasteiger partial charge in [0.15, 0.2) is 11.6 Å². The molecule has 2 nitrogen and oxygen atoms in total. The minimum absolute atomic E-state index is 0.293. The molecule has 0 atom stereocenters. The fourth-order valence-electron chi connectivity index (χ4n) is 2.47. The number of phenols is 1. The Hall–Kier alpha value is -1.39. The molecule has 0 spiro atoms. The van der Waals surface area contributed by atoms with E-state index in [1.807, 2.05) is 11.3 Å². The molecule has 0 saturated carbocycles. The maximum Gasteiger partial charge on any atom is 0.165 e. The van der Waals surface area contributed by atoms with E-state index < -0.39 is 5.82 Å². The number of thiophene rings is 1. The van der Waals surface area contributed by atoms with Crippen LogP contribution in [0.25, 0.3) is 0 Å². The molecule has 0 radical (unpaired) electrons. The minimum Gasteiger partial charge on any atom is -0.505 e. The van der Waals surface area contributed by atoms with Crippen LogP contribution in [-0.4, -0.2) is 5.11 Å². The first kappa shape index (κ1) is 12.6. The third-order valence-electron chi connectivity index (χ3n) is 3.44. The normalized spacial score (nSPS) is 13.7. The zero-order valence-corrected chi connectivity index (χ0v) is 11.4. The van der Waals surface area contributed by atoms with Gasteiger partial charge in [-0.3, -0.25) is 0 Å². The smallest absolute Gasteiger partial charge is 0.165 e. The monoisotopic (exact) mass is 277 g/mol. The van der Waals surface area contributed by atoms with Crippen LogP contribution < -0.4 is 5.32 Å². The molecule has 2 aromatic rings. The van der Waals surface area contributed by atoms with Crippen LogP contribution >= 0.6 is 11.3 Å². The summed E-state index contributed by atoms with van der Waals surface area (Å²) in [6.07, 6.45) is 3.74. The Morgan fingerprint density at radius 1 is 1.21 bits per heavy atom. The largest absolute Gasteiger partial charge is 0.505 e. The lowest BCUT2D eigenvalue weighted by Crippen LogP contribution is -2.11. The van der Waals surface area contributed by atoms with Gasteiger partial charge in [0.05, 0.1) is 0 Å². The number of nitrogens with one attached hydrogen (secondary N) is 1. The van der Waals surface area contributed by atoms with Crippen molar-refractivity contribution >= 4 is 11.3 Å². The van der Waals surface area contributed by atoms with Crippen LogP contribution in [0, 0.1) is 5.82 Å². The number of hydrogen-bond acceptors (Lipinski definition) is 3. The van der Waals surface area contributed by atoms with Crippen LogP contribution in [0.1, 0.15) is 27.3 Å². The predicted octanol–water partition coefficient (Wildman–Crippen LogP) is 3.37. The van der Waals surface area contributed by atoms with E-state index in [0.717, 1.165) is 12.1 Å². The predicted molar refractivity (Wildman–Crippen MR) is 75.0 cm³/mol. The van der Waals surface area contributed by atoms with Crippen LogP contribution in [0.15, 0.2) is 24.3 Å². The van der Waals surface area contributed by atoms with Gasteiger partial charge in [-0.1, -0.05) is 6.07 Å². The summed E-state index contributed by atoms with van der Waals surface area (Å²) < 4.78 is 13.2. The number of halogens is 1. The molecule has 1 heterocycles. The average Bonchev–Trinajstić information content (AvgIpc) is 2.94. The maximum atomic E-state index is 13.2. The Morgan fingerprint density at radius 2 is 2.11 bits per heavy atom. The number of hydrogen-bond donors (Lipinski definition) is 2. The van der Waals surface area contributed by atoms with Gasteiger partial charge in [-0.25, -0.2) is 4.39 Å². The second-order valence-electron chi connectivity index (χ2n) is 4.90. The number of rotatable bonds is 4. The first-order valence-corrected chi connectivity index (χ1v) is 7.32. The standard InChI is InChI=1S/C15H16FNOS/c16-13-6-10(4-5-14(13)18)8-17-9-12-7-11-2-1-3-15(11)19-12/h4-7,17-18H,1-3,8-9H2. The second kappa shape index (κ2) is 5.31. The number of phenolic OH excluding ortho intramolecular Hbond substituents is 1. The van der Waals surface area contributed by atoms with Gasteiger partial charge in [0.25, 0.3) is 0 Å². The van der Waals surface area contributed by atoms with Crippen molar-refractivity contribution in [1.82, 2.24) is 5.32 Å². The van der Waals surface area contributed by atoms with E-state index in [2.05, 4.69) is 11.4 Å². The third kappa shape index (κ3) is 2.80. The van der Waals surface area contributed by atoms with Gasteiger partial charge < -0.3 is 10.4 Å². The number of benzene rings is 1. The lowest BCUT2D eigenvalue weighted by atomic mass is 10.2. The molecule has 1 aliphatic rings. The molecule has 1 aliphatic carbocycles. The van der Waals surface area contributed by atoms with Crippen molar-refractivity contribution in [3.8, 4) is 5.75 Å². The highest BCUT2D eigenvalue weighted by Crippen LogP contribution is 2.30. The first-order valence-electron chi connectivity index (χ1n) is 6.51. The summed E-state index contributed by atoms with van der Waals surface area (Å²) in [5.41, 5.74) is 2.36. The summed E-state index contributed by atoms with van der Waals surface area (Å²) in [4.78, 5) is 2.89. The quantitative estimate of drug-likeness (QED) is 0.898. The molecule has 0 saturated heterocycles. The second-order valence-corrected chi connectivity index (χ2v) is 6.13. The highest BCUT2D eigenvalue weighted by Gasteiger charge is 2.14. The summed E-state index contributed by atoms with van der Waals surface area (Å²) in [6.45, 7) is 1.43. The summed E-state index contributed by atoms with van der Waals surface area (Å²) in [5, 5.41) is 12.4. The van der Waals surface area contributed by atoms with E-state index in [-0.39, 0.29) is 5.75 Å². The molecule has 100 valence electrons. The van der Waals surface area contributed by atoms with E-state index in [4.69, 9.17) is 5.11 Å². The van der Waals surface area contributed by atoms with E-state index in [0.29, 0.717) is 6.54 Å². The average molecular weight is 277 g/mol. The summed E-state index contributed by atoms with van der Waals surface area (Å²) in [6, 6.07) is 6.79. The molecule has 0 amide bonds. The minimum atomic E-state index is -0.561. The van der Waals surface area contributed by atoms with E-state index in [9.17, 15) is 4.39 Å². The van der Waals surface area contributed by atoms with Gasteiger partial charge in [0.1, 0.15) is 0 Å². The van der Waals surface area contributed by atoms with Crippen molar-refractivity contribution in [3.63, 3.8) is 0 Å². The molecule has 2 N–H and O–H groups in total. The zero-order valence-electron chi connectivity index (χ0n) is 10.6. The highest BCUT2D eigenvalue weighted by atomic mass is 32.1. The Labute approximate surface area is 115 Å². The van der Waals surface area contributed by atoms with Crippen molar-refractivity contribution in [2.75, 3.05) is 0 Å². The van der Waals surface area contributed by atoms with E-state index >= 15 is 0 Å². The van der Waals surface area contributed by atoms with Gasteiger partial charge in [0.2, 0.25) is 0 Å². The van der Waals surface area contributed by atoms with Crippen molar-refractivity contribution in [2.45, 2.75) is 32.4 Å². The lowest BCUT2D eigenvalue weighted by Gasteiger charge is -2.04. The molecule has 1 aromatic heterocycles. The molecule has 3 rings (SSSR count). The Kier molecular flexibility index (Phi) is 3.53. The van der Waals surface area contributed by atoms with Gasteiger partial charge >= 0.3 is 0 Å². The molecule has 1 aromatic carbocycles. The highest BCUT2D eigenvalue weighted by molar-refractivity contribution is 7.12. The molecule has 19 heavy (non-hydrogen) atoms. The summed E-state index contributed by atoms with van der Waals surface area (Å²) in [5.74, 6) is -0.854. The summed E-state index contributed by atoms with van der Waals surface area (Å²) in [7, 11) is 0. The van der Waals surface area contributed by atoms with Crippen LogP contribution in [0.4, 0.5) is 4.39 Å². The molecule has 0 bridgehead atoms. The lowest BCUT2D eigenvalue weighted by molar-refractivity contribution is 0.431. The number of fused-ring (bicyclic) bond motifs is 1. The fourth-order valence-corrected chi connectivity index (χ4v) is 3.70. The van der Waals surface area contributed by atoms with Crippen LogP contribution in [0.3, 0.4) is 0 Å². The van der Waals surface area contributed by atoms with E-state index in [1.54, 1.807) is 6.07 Å². The molecule has 0 aliphatic heterocycles. The van der Waals surface area contributed by atoms with Crippen molar-refractivity contribution in [3.05, 3.63) is 51.0 Å². The Morgan fingerprint density at radius 3 is 2.89 bits per heavy atom.